The van der Waals surface area contributed by atoms with Crippen LogP contribution in [0.1, 0.15) is 53.9 Å². The molecule has 17 heavy (non-hydrogen) atoms. The summed E-state index contributed by atoms with van der Waals surface area (Å²) in [5.41, 5.74) is 3.20. The number of carbonyl (C=O) groups excluding carboxylic acids is 1. The fourth-order valence-corrected chi connectivity index (χ4v) is 2.85. The van der Waals surface area contributed by atoms with Gasteiger partial charge < -0.3 is 5.32 Å². The lowest BCUT2D eigenvalue weighted by Gasteiger charge is -2.47. The Hall–Kier alpha value is -0.650. The molecule has 0 spiro atoms. The van der Waals surface area contributed by atoms with Crippen molar-refractivity contribution in [3.63, 3.8) is 0 Å². The van der Waals surface area contributed by atoms with Gasteiger partial charge in [0.05, 0.1) is 0 Å². The van der Waals surface area contributed by atoms with Crippen molar-refractivity contribution >= 4 is 5.91 Å². The molecule has 0 bridgehead atoms. The summed E-state index contributed by atoms with van der Waals surface area (Å²) in [5, 5.41) is 4.74. The van der Waals surface area contributed by atoms with Crippen molar-refractivity contribution < 1.29 is 4.79 Å². The second-order valence-electron chi connectivity index (χ2n) is 6.24. The first-order valence-electron chi connectivity index (χ1n) is 6.28. The molecule has 0 aliphatic carbocycles. The van der Waals surface area contributed by atoms with E-state index in [1.807, 2.05) is 0 Å². The van der Waals surface area contributed by atoms with Gasteiger partial charge in [-0.2, -0.15) is 0 Å². The van der Waals surface area contributed by atoms with E-state index < -0.39 is 0 Å². The summed E-state index contributed by atoms with van der Waals surface area (Å²) < 4.78 is 0. The van der Waals surface area contributed by atoms with Gasteiger partial charge in [-0.15, -0.1) is 0 Å². The van der Waals surface area contributed by atoms with E-state index in [0.29, 0.717) is 6.42 Å². The van der Waals surface area contributed by atoms with E-state index in [1.54, 1.807) is 6.92 Å². The predicted octanol–water partition coefficient (Wildman–Crippen LogP) is 0.913. The van der Waals surface area contributed by atoms with Crippen LogP contribution in [-0.2, 0) is 4.79 Å². The molecule has 1 aliphatic rings. The molecule has 0 aromatic heterocycles. The number of hydrogen-bond donors (Lipinski definition) is 3. The van der Waals surface area contributed by atoms with Crippen molar-refractivity contribution in [1.82, 2.24) is 15.9 Å². The standard InChI is InChI=1S/C12H26N4O/c1-6-10(17)16(13)14-9-7-11(2,3)15-12(4,5)8-9/h9,14-15H,6-8,13H2,1-5H3. The Morgan fingerprint density at radius 2 is 1.82 bits per heavy atom. The summed E-state index contributed by atoms with van der Waals surface area (Å²) in [6, 6.07) is 0.224. The molecule has 5 heteroatoms. The minimum Gasteiger partial charge on any atom is -0.307 e. The van der Waals surface area contributed by atoms with Crippen LogP contribution >= 0.6 is 0 Å². The average Bonchev–Trinajstić information content (AvgIpc) is 2.11. The summed E-state index contributed by atoms with van der Waals surface area (Å²) in [6.45, 7) is 10.5. The fourth-order valence-electron chi connectivity index (χ4n) is 2.85. The predicted molar refractivity (Wildman–Crippen MR) is 68.8 cm³/mol. The van der Waals surface area contributed by atoms with E-state index in [-0.39, 0.29) is 23.0 Å². The maximum atomic E-state index is 11.4. The van der Waals surface area contributed by atoms with Gasteiger partial charge in [-0.25, -0.2) is 16.4 Å². The van der Waals surface area contributed by atoms with Crippen molar-refractivity contribution in [1.29, 1.82) is 0 Å². The second-order valence-corrected chi connectivity index (χ2v) is 6.24. The van der Waals surface area contributed by atoms with Crippen LogP contribution in [0, 0.1) is 0 Å². The lowest BCUT2D eigenvalue weighted by Crippen LogP contribution is -2.64. The first-order valence-corrected chi connectivity index (χ1v) is 6.28. The van der Waals surface area contributed by atoms with Gasteiger partial charge in [-0.1, -0.05) is 6.92 Å². The first kappa shape index (κ1) is 14.4. The summed E-state index contributed by atoms with van der Waals surface area (Å²) in [6.07, 6.45) is 2.31. The van der Waals surface area contributed by atoms with E-state index in [9.17, 15) is 4.79 Å². The third-order valence-electron chi connectivity index (χ3n) is 3.08. The first-order chi connectivity index (χ1) is 7.65. The molecule has 5 nitrogen and oxygen atoms in total. The highest BCUT2D eigenvalue weighted by molar-refractivity contribution is 5.74. The highest BCUT2D eigenvalue weighted by Gasteiger charge is 2.38. The number of rotatable bonds is 3. The number of nitrogens with zero attached hydrogens (tertiary/aromatic N) is 1. The summed E-state index contributed by atoms with van der Waals surface area (Å²) >= 11 is 0. The van der Waals surface area contributed by atoms with E-state index in [4.69, 9.17) is 5.84 Å². The number of amides is 1. The van der Waals surface area contributed by atoms with Crippen LogP contribution in [0.3, 0.4) is 0 Å². The van der Waals surface area contributed by atoms with Crippen LogP contribution in [-0.4, -0.2) is 28.1 Å². The van der Waals surface area contributed by atoms with Crippen LogP contribution in [0.15, 0.2) is 0 Å². The van der Waals surface area contributed by atoms with Gasteiger partial charge in [0.2, 0.25) is 0 Å². The van der Waals surface area contributed by atoms with Crippen molar-refractivity contribution in [3.8, 4) is 0 Å². The monoisotopic (exact) mass is 242 g/mol. The molecule has 0 atom stereocenters. The maximum Gasteiger partial charge on any atom is 0.250 e. The minimum atomic E-state index is -0.0841. The van der Waals surface area contributed by atoms with E-state index in [0.717, 1.165) is 18.0 Å². The Morgan fingerprint density at radius 3 is 2.24 bits per heavy atom. The largest absolute Gasteiger partial charge is 0.307 e. The van der Waals surface area contributed by atoms with E-state index in [2.05, 4.69) is 38.4 Å². The van der Waals surface area contributed by atoms with Crippen LogP contribution in [0.4, 0.5) is 0 Å². The van der Waals surface area contributed by atoms with Crippen LogP contribution < -0.4 is 16.6 Å². The Labute approximate surface area is 104 Å². The van der Waals surface area contributed by atoms with Crippen molar-refractivity contribution in [3.05, 3.63) is 0 Å². The van der Waals surface area contributed by atoms with Gasteiger partial charge in [0.15, 0.2) is 0 Å². The maximum absolute atomic E-state index is 11.4. The number of carbonyl (C=O) groups is 1. The Kier molecular flexibility index (Phi) is 4.17. The second kappa shape index (κ2) is 4.92. The van der Waals surface area contributed by atoms with Crippen LogP contribution in [0.5, 0.6) is 0 Å². The molecule has 4 N–H and O–H groups in total. The zero-order valence-electron chi connectivity index (χ0n) is 11.6. The number of piperidine rings is 1. The van der Waals surface area contributed by atoms with Gasteiger partial charge in [0.1, 0.15) is 0 Å². The van der Waals surface area contributed by atoms with Crippen molar-refractivity contribution in [2.24, 2.45) is 5.84 Å². The molecular formula is C12H26N4O. The summed E-state index contributed by atoms with van der Waals surface area (Å²) in [7, 11) is 0. The summed E-state index contributed by atoms with van der Waals surface area (Å²) in [5.74, 6) is 5.60. The molecule has 0 aromatic rings. The smallest absolute Gasteiger partial charge is 0.250 e. The van der Waals surface area contributed by atoms with Gasteiger partial charge in [-0.3, -0.25) is 4.79 Å². The van der Waals surface area contributed by atoms with Crippen molar-refractivity contribution in [2.45, 2.75) is 71.0 Å². The van der Waals surface area contributed by atoms with Gasteiger partial charge in [0.25, 0.3) is 5.91 Å². The van der Waals surface area contributed by atoms with Gasteiger partial charge in [-0.05, 0) is 40.5 Å². The Balaban J connectivity index is 2.62. The number of hydrogen-bond acceptors (Lipinski definition) is 4. The lowest BCUT2D eigenvalue weighted by molar-refractivity contribution is -0.136. The average molecular weight is 242 g/mol. The summed E-state index contributed by atoms with van der Waals surface area (Å²) in [4.78, 5) is 11.4. The molecule has 1 aliphatic heterocycles. The molecule has 1 rings (SSSR count). The number of hydrazine groups is 2. The number of nitrogens with one attached hydrogen (secondary N) is 2. The zero-order chi connectivity index (χ0) is 13.3. The Morgan fingerprint density at radius 1 is 1.35 bits per heavy atom. The molecule has 0 aromatic carbocycles. The molecule has 1 saturated heterocycles. The lowest BCUT2D eigenvalue weighted by atomic mass is 9.80. The quantitative estimate of drug-likeness (QED) is 0.391. The van der Waals surface area contributed by atoms with E-state index >= 15 is 0 Å². The third kappa shape index (κ3) is 4.26. The highest BCUT2D eigenvalue weighted by atomic mass is 16.2. The zero-order valence-corrected chi connectivity index (χ0v) is 11.6. The van der Waals surface area contributed by atoms with E-state index in [1.165, 1.54) is 0 Å². The molecule has 1 fully saturated rings. The van der Waals surface area contributed by atoms with Gasteiger partial charge >= 0.3 is 0 Å². The topological polar surface area (TPSA) is 70.4 Å². The molecule has 0 saturated carbocycles. The van der Waals surface area contributed by atoms with Crippen molar-refractivity contribution in [2.75, 3.05) is 0 Å². The van der Waals surface area contributed by atoms with Crippen LogP contribution in [0.25, 0.3) is 0 Å². The molecular weight excluding hydrogens is 216 g/mol. The molecule has 1 amide bonds. The molecule has 0 unspecified atom stereocenters. The minimum absolute atomic E-state index is 0.0511. The molecule has 0 radical (unpaired) electrons. The molecule has 100 valence electrons. The number of nitrogens with two attached hydrogens (primary N) is 1. The normalized spacial score (nSPS) is 23.4. The molecule has 1 heterocycles. The van der Waals surface area contributed by atoms with Crippen LogP contribution in [0.2, 0.25) is 0 Å². The SMILES string of the molecule is CCC(=O)N(N)NC1CC(C)(C)NC(C)(C)C1. The highest BCUT2D eigenvalue weighted by Crippen LogP contribution is 2.28. The Bertz CT molecular complexity index is 272. The fraction of sp³-hybridized carbons (Fsp3) is 0.917. The third-order valence-corrected chi connectivity index (χ3v) is 3.08. The van der Waals surface area contributed by atoms with Gasteiger partial charge in [0, 0.05) is 23.5 Å².